The highest BCUT2D eigenvalue weighted by Crippen LogP contribution is 2.06. The predicted molar refractivity (Wildman–Crippen MR) is 45.1 cm³/mol. The Morgan fingerprint density at radius 2 is 2.00 bits per heavy atom. The summed E-state index contributed by atoms with van der Waals surface area (Å²) in [5.41, 5.74) is 0.618. The second-order valence-corrected chi connectivity index (χ2v) is 2.30. The van der Waals surface area contributed by atoms with Crippen LogP contribution in [0.1, 0.15) is 11.1 Å². The summed E-state index contributed by atoms with van der Waals surface area (Å²) in [6.07, 6.45) is 0. The van der Waals surface area contributed by atoms with Crippen molar-refractivity contribution in [3.63, 3.8) is 0 Å². The van der Waals surface area contributed by atoms with E-state index < -0.39 is 5.82 Å². The smallest absolute Gasteiger partial charge is 0.125 e. The van der Waals surface area contributed by atoms with E-state index in [1.165, 1.54) is 12.1 Å². The lowest BCUT2D eigenvalue weighted by Gasteiger charge is -1.92. The Bertz CT molecular complexity index is 409. The summed E-state index contributed by atoms with van der Waals surface area (Å²) in [5.74, 6) is 4.39. The topological polar surface area (TPSA) is 44.0 Å². The molecule has 1 rings (SSSR count). The van der Waals surface area contributed by atoms with E-state index in [2.05, 4.69) is 11.8 Å². The molecule has 0 aliphatic heterocycles. The summed E-state index contributed by atoms with van der Waals surface area (Å²) in [7, 11) is 0. The number of rotatable bonds is 0. The van der Waals surface area contributed by atoms with Crippen LogP contribution in [0.4, 0.5) is 4.39 Å². The van der Waals surface area contributed by atoms with Crippen molar-refractivity contribution in [2.24, 2.45) is 0 Å². The molecule has 0 aliphatic rings. The number of benzene rings is 1. The summed E-state index contributed by atoms with van der Waals surface area (Å²) in [6.45, 7) is -0.279. The molecule has 3 heteroatoms. The standard InChI is InChI=1S/C10H6FNO/c11-10-5-8(2-1-3-13)4-9(6-10)7-12/h4-6,13H,3H2. The molecule has 13 heavy (non-hydrogen) atoms. The molecule has 0 amide bonds. The molecule has 0 spiro atoms. The molecule has 0 unspecified atom stereocenters. The summed E-state index contributed by atoms with van der Waals surface area (Å²) >= 11 is 0. The first-order valence-corrected chi connectivity index (χ1v) is 3.56. The number of nitriles is 1. The van der Waals surface area contributed by atoms with Crippen LogP contribution in [0.2, 0.25) is 0 Å². The molecule has 0 atom stereocenters. The fourth-order valence-corrected chi connectivity index (χ4v) is 0.868. The Labute approximate surface area is 75.2 Å². The molecule has 1 N–H and O–H groups in total. The molecule has 1 aromatic carbocycles. The van der Waals surface area contributed by atoms with Gasteiger partial charge in [-0.3, -0.25) is 0 Å². The van der Waals surface area contributed by atoms with Gasteiger partial charge in [-0.1, -0.05) is 11.8 Å². The predicted octanol–water partition coefficient (Wildman–Crippen LogP) is 1.04. The highest BCUT2D eigenvalue weighted by molar-refractivity contribution is 5.42. The maximum Gasteiger partial charge on any atom is 0.125 e. The zero-order valence-corrected chi connectivity index (χ0v) is 6.71. The van der Waals surface area contributed by atoms with Gasteiger partial charge in [0.1, 0.15) is 12.4 Å². The number of aliphatic hydroxyl groups is 1. The maximum absolute atomic E-state index is 12.8. The molecule has 0 bridgehead atoms. The van der Waals surface area contributed by atoms with Gasteiger partial charge in [0, 0.05) is 5.56 Å². The molecule has 2 nitrogen and oxygen atoms in total. The monoisotopic (exact) mass is 175 g/mol. The maximum atomic E-state index is 12.8. The summed E-state index contributed by atoms with van der Waals surface area (Å²) in [5, 5.41) is 16.9. The Morgan fingerprint density at radius 3 is 2.62 bits per heavy atom. The van der Waals surface area contributed by atoms with Gasteiger partial charge < -0.3 is 5.11 Å². The van der Waals surface area contributed by atoms with Crippen molar-refractivity contribution in [1.29, 1.82) is 5.26 Å². The summed E-state index contributed by atoms with van der Waals surface area (Å²) in [4.78, 5) is 0. The molecule has 0 aliphatic carbocycles. The van der Waals surface area contributed by atoms with Crippen molar-refractivity contribution in [1.82, 2.24) is 0 Å². The molecule has 0 aromatic heterocycles. The third kappa shape index (κ3) is 2.59. The first kappa shape index (κ1) is 9.25. The largest absolute Gasteiger partial charge is 0.384 e. The fourth-order valence-electron chi connectivity index (χ4n) is 0.868. The molecular formula is C10H6FNO. The lowest BCUT2D eigenvalue weighted by atomic mass is 10.1. The van der Waals surface area contributed by atoms with Crippen LogP contribution in [0, 0.1) is 29.0 Å². The Hall–Kier alpha value is -1.84. The van der Waals surface area contributed by atoms with E-state index in [1.807, 2.05) is 6.07 Å². The van der Waals surface area contributed by atoms with E-state index in [9.17, 15) is 4.39 Å². The Kier molecular flexibility index (Phi) is 3.03. The van der Waals surface area contributed by atoms with Gasteiger partial charge in [0.15, 0.2) is 0 Å². The third-order valence-corrected chi connectivity index (χ3v) is 1.34. The third-order valence-electron chi connectivity index (χ3n) is 1.34. The summed E-state index contributed by atoms with van der Waals surface area (Å²) in [6, 6.07) is 5.62. The minimum atomic E-state index is -0.499. The van der Waals surface area contributed by atoms with Gasteiger partial charge in [0.25, 0.3) is 0 Å². The zero-order chi connectivity index (χ0) is 9.68. The Balaban J connectivity index is 3.10. The van der Waals surface area contributed by atoms with E-state index in [0.717, 1.165) is 6.07 Å². The van der Waals surface area contributed by atoms with Gasteiger partial charge in [-0.15, -0.1) is 0 Å². The van der Waals surface area contributed by atoms with E-state index in [-0.39, 0.29) is 12.2 Å². The van der Waals surface area contributed by atoms with Crippen LogP contribution in [0.5, 0.6) is 0 Å². The highest BCUT2D eigenvalue weighted by atomic mass is 19.1. The fraction of sp³-hybridized carbons (Fsp3) is 0.100. The van der Waals surface area contributed by atoms with Crippen molar-refractivity contribution in [3.05, 3.63) is 35.1 Å². The number of nitrogens with zero attached hydrogens (tertiary/aromatic N) is 1. The summed E-state index contributed by atoms with van der Waals surface area (Å²) < 4.78 is 12.8. The van der Waals surface area contributed by atoms with Crippen LogP contribution in [0.3, 0.4) is 0 Å². The van der Waals surface area contributed by atoms with Crippen molar-refractivity contribution in [3.8, 4) is 17.9 Å². The Morgan fingerprint density at radius 1 is 1.31 bits per heavy atom. The van der Waals surface area contributed by atoms with Gasteiger partial charge in [0.05, 0.1) is 11.6 Å². The van der Waals surface area contributed by atoms with Crippen LogP contribution in [-0.2, 0) is 0 Å². The van der Waals surface area contributed by atoms with Crippen LogP contribution < -0.4 is 0 Å². The molecular weight excluding hydrogens is 169 g/mol. The van der Waals surface area contributed by atoms with E-state index in [4.69, 9.17) is 10.4 Å². The van der Waals surface area contributed by atoms with Crippen molar-refractivity contribution >= 4 is 0 Å². The first-order chi connectivity index (χ1) is 6.26. The van der Waals surface area contributed by atoms with Crippen LogP contribution in [0.15, 0.2) is 18.2 Å². The van der Waals surface area contributed by atoms with E-state index in [0.29, 0.717) is 5.56 Å². The minimum absolute atomic E-state index is 0.224. The zero-order valence-electron chi connectivity index (χ0n) is 6.71. The highest BCUT2D eigenvalue weighted by Gasteiger charge is 1.97. The minimum Gasteiger partial charge on any atom is -0.384 e. The number of aliphatic hydroxyl groups excluding tert-OH is 1. The molecule has 64 valence electrons. The lowest BCUT2D eigenvalue weighted by molar-refractivity contribution is 0.350. The number of hydrogen-bond donors (Lipinski definition) is 1. The first-order valence-electron chi connectivity index (χ1n) is 3.56. The van der Waals surface area contributed by atoms with Gasteiger partial charge >= 0.3 is 0 Å². The van der Waals surface area contributed by atoms with Gasteiger partial charge in [-0.2, -0.15) is 5.26 Å². The molecule has 1 aromatic rings. The SMILES string of the molecule is N#Cc1cc(F)cc(C#CCO)c1. The van der Waals surface area contributed by atoms with Crippen molar-refractivity contribution in [2.45, 2.75) is 0 Å². The molecule has 0 fully saturated rings. The normalized spacial score (nSPS) is 8.38. The molecule has 0 saturated heterocycles. The second-order valence-electron chi connectivity index (χ2n) is 2.30. The van der Waals surface area contributed by atoms with Crippen LogP contribution in [0.25, 0.3) is 0 Å². The van der Waals surface area contributed by atoms with Gasteiger partial charge in [-0.05, 0) is 18.2 Å². The van der Waals surface area contributed by atoms with Crippen LogP contribution >= 0.6 is 0 Å². The molecule has 0 saturated carbocycles. The van der Waals surface area contributed by atoms with Crippen LogP contribution in [-0.4, -0.2) is 11.7 Å². The average Bonchev–Trinajstić information content (AvgIpc) is 2.14. The molecule has 0 heterocycles. The van der Waals surface area contributed by atoms with E-state index >= 15 is 0 Å². The average molecular weight is 175 g/mol. The number of halogens is 1. The van der Waals surface area contributed by atoms with Crippen molar-refractivity contribution in [2.75, 3.05) is 6.61 Å². The second kappa shape index (κ2) is 4.25. The van der Waals surface area contributed by atoms with Gasteiger partial charge in [0.2, 0.25) is 0 Å². The quantitative estimate of drug-likeness (QED) is 0.599. The van der Waals surface area contributed by atoms with Crippen molar-refractivity contribution < 1.29 is 9.50 Å². The number of hydrogen-bond acceptors (Lipinski definition) is 2. The molecule has 0 radical (unpaired) electrons. The van der Waals surface area contributed by atoms with E-state index in [1.54, 1.807) is 0 Å². The van der Waals surface area contributed by atoms with Gasteiger partial charge in [-0.25, -0.2) is 4.39 Å². The lowest BCUT2D eigenvalue weighted by Crippen LogP contribution is -1.83.